The van der Waals surface area contributed by atoms with E-state index in [0.717, 1.165) is 5.69 Å². The Morgan fingerprint density at radius 1 is 1.08 bits per heavy atom. The van der Waals surface area contributed by atoms with Gasteiger partial charge in [-0.05, 0) is 24.3 Å². The van der Waals surface area contributed by atoms with Gasteiger partial charge in [0.15, 0.2) is 17.7 Å². The van der Waals surface area contributed by atoms with Gasteiger partial charge in [0.2, 0.25) is 0 Å². The third-order valence-electron chi connectivity index (χ3n) is 4.51. The molecule has 7 heteroatoms. The largest absolute Gasteiger partial charge is 0.486 e. The molecule has 0 bridgehead atoms. The number of nitrogens with one attached hydrogen (secondary N) is 2. The first kappa shape index (κ1) is 14.8. The number of nitrogens with zero attached hydrogens (tertiary/aromatic N) is 2. The van der Waals surface area contributed by atoms with E-state index in [-0.39, 0.29) is 5.91 Å². The van der Waals surface area contributed by atoms with Gasteiger partial charge in [0, 0.05) is 24.1 Å². The number of aromatic amines is 1. The molecule has 0 fully saturated rings. The molecule has 130 valence electrons. The number of hydrogen-bond acceptors (Lipinski definition) is 5. The molecule has 1 atom stereocenters. The Labute approximate surface area is 149 Å². The minimum atomic E-state index is -0.449. The fourth-order valence-corrected chi connectivity index (χ4v) is 3.32. The number of imidazole rings is 1. The van der Waals surface area contributed by atoms with Gasteiger partial charge in [-0.3, -0.25) is 9.69 Å². The van der Waals surface area contributed by atoms with E-state index in [1.165, 1.54) is 0 Å². The van der Waals surface area contributed by atoms with Gasteiger partial charge in [-0.15, -0.1) is 0 Å². The highest BCUT2D eigenvalue weighted by molar-refractivity contribution is 6.12. The Hall–Kier alpha value is -3.48. The molecule has 5 rings (SSSR count). The van der Waals surface area contributed by atoms with Gasteiger partial charge in [-0.25, -0.2) is 4.98 Å². The van der Waals surface area contributed by atoms with Gasteiger partial charge in [0.25, 0.3) is 5.91 Å². The molecule has 0 saturated carbocycles. The Kier molecular flexibility index (Phi) is 3.31. The van der Waals surface area contributed by atoms with Crippen molar-refractivity contribution < 1.29 is 14.3 Å². The normalized spacial score (nSPS) is 18.2. The summed E-state index contributed by atoms with van der Waals surface area (Å²) in [5.41, 5.74) is 2.11. The van der Waals surface area contributed by atoms with Crippen LogP contribution in [0.4, 0.5) is 11.4 Å². The molecule has 7 nitrogen and oxygen atoms in total. The van der Waals surface area contributed by atoms with Crippen LogP contribution in [0.3, 0.4) is 0 Å². The summed E-state index contributed by atoms with van der Waals surface area (Å²) in [6, 6.07) is 13.0. The van der Waals surface area contributed by atoms with Crippen LogP contribution in [-0.4, -0.2) is 29.1 Å². The van der Waals surface area contributed by atoms with E-state index in [2.05, 4.69) is 15.3 Å². The van der Waals surface area contributed by atoms with E-state index in [1.54, 1.807) is 17.3 Å². The second-order valence-electron chi connectivity index (χ2n) is 6.07. The first-order valence-electron chi connectivity index (χ1n) is 8.39. The molecule has 2 aromatic carbocycles. The molecule has 0 spiro atoms. The summed E-state index contributed by atoms with van der Waals surface area (Å²) < 4.78 is 11.3. The van der Waals surface area contributed by atoms with Crippen LogP contribution in [0.15, 0.2) is 54.9 Å². The number of para-hydroxylation sites is 1. The standard InChI is InChI=1S/C19H16N4O3/c24-19-13-3-1-2-4-14(13)22-18(17-20-7-8-21-17)23(19)12-5-6-15-16(11-12)26-10-9-25-15/h1-8,11,18,22H,9-10H2,(H,20,21)/t18-/m0/s1. The molecule has 0 aliphatic carbocycles. The summed E-state index contributed by atoms with van der Waals surface area (Å²) in [6.45, 7) is 1.02. The van der Waals surface area contributed by atoms with E-state index in [1.807, 2.05) is 42.5 Å². The molecule has 2 aliphatic heterocycles. The van der Waals surface area contributed by atoms with Crippen LogP contribution in [-0.2, 0) is 0 Å². The average Bonchev–Trinajstić information content (AvgIpc) is 3.22. The summed E-state index contributed by atoms with van der Waals surface area (Å²) in [5.74, 6) is 1.88. The number of carbonyl (C=O) groups excluding carboxylic acids is 1. The van der Waals surface area contributed by atoms with Crippen LogP contribution in [0.2, 0.25) is 0 Å². The summed E-state index contributed by atoms with van der Waals surface area (Å²) in [6.07, 6.45) is 2.96. The van der Waals surface area contributed by atoms with Crippen LogP contribution >= 0.6 is 0 Å². The minimum absolute atomic E-state index is 0.0996. The number of ether oxygens (including phenoxy) is 2. The van der Waals surface area contributed by atoms with Crippen LogP contribution in [0.5, 0.6) is 11.5 Å². The molecule has 0 unspecified atom stereocenters. The molecule has 2 N–H and O–H groups in total. The average molecular weight is 348 g/mol. The first-order chi connectivity index (χ1) is 12.8. The monoisotopic (exact) mass is 348 g/mol. The summed E-state index contributed by atoms with van der Waals surface area (Å²) in [5, 5.41) is 3.40. The number of carbonyl (C=O) groups is 1. The number of fused-ring (bicyclic) bond motifs is 2. The van der Waals surface area contributed by atoms with Crippen LogP contribution in [0, 0.1) is 0 Å². The van der Waals surface area contributed by atoms with Crippen molar-refractivity contribution in [1.29, 1.82) is 0 Å². The van der Waals surface area contributed by atoms with Gasteiger partial charge >= 0.3 is 0 Å². The second kappa shape index (κ2) is 5.80. The fraction of sp³-hybridized carbons (Fsp3) is 0.158. The zero-order chi connectivity index (χ0) is 17.5. The highest BCUT2D eigenvalue weighted by Crippen LogP contribution is 2.39. The predicted octanol–water partition coefficient (Wildman–Crippen LogP) is 2.95. The molecule has 26 heavy (non-hydrogen) atoms. The maximum absolute atomic E-state index is 13.3. The lowest BCUT2D eigenvalue weighted by molar-refractivity contribution is 0.0973. The summed E-state index contributed by atoms with van der Waals surface area (Å²) >= 11 is 0. The van der Waals surface area contributed by atoms with Crippen molar-refractivity contribution in [1.82, 2.24) is 9.97 Å². The number of benzene rings is 2. The molecule has 3 heterocycles. The predicted molar refractivity (Wildman–Crippen MR) is 95.6 cm³/mol. The number of anilines is 2. The van der Waals surface area contributed by atoms with E-state index in [0.29, 0.717) is 41.8 Å². The lowest BCUT2D eigenvalue weighted by atomic mass is 10.1. The van der Waals surface area contributed by atoms with Gasteiger partial charge in [-0.1, -0.05) is 12.1 Å². The zero-order valence-electron chi connectivity index (χ0n) is 13.8. The van der Waals surface area contributed by atoms with Gasteiger partial charge in [0.05, 0.1) is 11.3 Å². The maximum atomic E-state index is 13.3. The lowest BCUT2D eigenvalue weighted by Crippen LogP contribution is -2.43. The fourth-order valence-electron chi connectivity index (χ4n) is 3.32. The number of hydrogen-bond donors (Lipinski definition) is 2. The number of aromatic nitrogens is 2. The number of H-pyrrole nitrogens is 1. The molecule has 0 radical (unpaired) electrons. The van der Waals surface area contributed by atoms with Crippen LogP contribution in [0.1, 0.15) is 22.3 Å². The Bertz CT molecular complexity index is 971. The van der Waals surface area contributed by atoms with E-state index in [9.17, 15) is 4.79 Å². The Morgan fingerprint density at radius 2 is 1.92 bits per heavy atom. The second-order valence-corrected chi connectivity index (χ2v) is 6.07. The minimum Gasteiger partial charge on any atom is -0.486 e. The smallest absolute Gasteiger partial charge is 0.262 e. The van der Waals surface area contributed by atoms with E-state index < -0.39 is 6.17 Å². The highest BCUT2D eigenvalue weighted by atomic mass is 16.6. The van der Waals surface area contributed by atoms with Crippen molar-refractivity contribution in [2.45, 2.75) is 6.17 Å². The Morgan fingerprint density at radius 3 is 2.77 bits per heavy atom. The highest BCUT2D eigenvalue weighted by Gasteiger charge is 2.35. The van der Waals surface area contributed by atoms with Crippen molar-refractivity contribution in [2.24, 2.45) is 0 Å². The first-order valence-corrected chi connectivity index (χ1v) is 8.39. The quantitative estimate of drug-likeness (QED) is 0.744. The maximum Gasteiger partial charge on any atom is 0.262 e. The van der Waals surface area contributed by atoms with E-state index >= 15 is 0 Å². The summed E-state index contributed by atoms with van der Waals surface area (Å²) in [4.78, 5) is 22.4. The summed E-state index contributed by atoms with van der Waals surface area (Å²) in [7, 11) is 0. The lowest BCUT2D eigenvalue weighted by Gasteiger charge is -2.37. The SMILES string of the molecule is O=C1c2ccccc2N[C@H](c2ncc[nH]2)N1c1ccc2c(c1)OCCO2. The van der Waals surface area contributed by atoms with Crippen LogP contribution < -0.4 is 19.7 Å². The third kappa shape index (κ3) is 2.28. The Balaban J connectivity index is 1.63. The topological polar surface area (TPSA) is 79.5 Å². The van der Waals surface area contributed by atoms with E-state index in [4.69, 9.17) is 9.47 Å². The number of rotatable bonds is 2. The van der Waals surface area contributed by atoms with Crippen LogP contribution in [0.25, 0.3) is 0 Å². The van der Waals surface area contributed by atoms with Crippen molar-refractivity contribution >= 4 is 17.3 Å². The molecular weight excluding hydrogens is 332 g/mol. The molecular formula is C19H16N4O3. The molecule has 2 aliphatic rings. The van der Waals surface area contributed by atoms with Crippen molar-refractivity contribution in [3.05, 3.63) is 66.2 Å². The van der Waals surface area contributed by atoms with Gasteiger partial charge in [0.1, 0.15) is 19.0 Å². The van der Waals surface area contributed by atoms with Crippen molar-refractivity contribution in [2.75, 3.05) is 23.4 Å². The third-order valence-corrected chi connectivity index (χ3v) is 4.51. The molecule has 1 aromatic heterocycles. The number of amides is 1. The molecule has 3 aromatic rings. The van der Waals surface area contributed by atoms with Crippen molar-refractivity contribution in [3.63, 3.8) is 0 Å². The zero-order valence-corrected chi connectivity index (χ0v) is 13.8. The molecule has 1 amide bonds. The van der Waals surface area contributed by atoms with Gasteiger partial charge < -0.3 is 19.8 Å². The molecule has 0 saturated heterocycles. The van der Waals surface area contributed by atoms with Gasteiger partial charge in [-0.2, -0.15) is 0 Å². The van der Waals surface area contributed by atoms with Crippen molar-refractivity contribution in [3.8, 4) is 11.5 Å².